The van der Waals surface area contributed by atoms with Crippen LogP contribution in [0.4, 0.5) is 0 Å². The average Bonchev–Trinajstić information content (AvgIpc) is 2.93. The molecule has 0 atom stereocenters. The normalized spacial score (nSPS) is 13.7. The summed E-state index contributed by atoms with van der Waals surface area (Å²) in [5.41, 5.74) is 6.56. The van der Waals surface area contributed by atoms with Crippen molar-refractivity contribution in [2.24, 2.45) is 0 Å². The lowest BCUT2D eigenvalue weighted by molar-refractivity contribution is 0.0303. The molecule has 1 fully saturated rings. The molecule has 1 saturated heterocycles. The summed E-state index contributed by atoms with van der Waals surface area (Å²) in [6, 6.07) is 24.7. The monoisotopic (exact) mass is 449 g/mol. The number of carbonyl (C=O) groups excluding carboxylic acids is 1. The Kier molecular flexibility index (Phi) is 6.73. The lowest BCUT2D eigenvalue weighted by Gasteiger charge is -2.27. The first-order chi connectivity index (χ1) is 16.8. The van der Waals surface area contributed by atoms with Gasteiger partial charge in [-0.25, -0.2) is 0 Å². The molecule has 0 saturated carbocycles. The molecule has 3 heterocycles. The molecule has 0 spiro atoms. The van der Waals surface area contributed by atoms with Gasteiger partial charge in [0.1, 0.15) is 0 Å². The van der Waals surface area contributed by atoms with Gasteiger partial charge in [0.05, 0.1) is 13.2 Å². The number of carbonyl (C=O) groups is 1. The van der Waals surface area contributed by atoms with Crippen LogP contribution in [0.3, 0.4) is 0 Å². The molecule has 1 aliphatic heterocycles. The third-order valence-electron chi connectivity index (χ3n) is 6.36. The molecule has 2 aromatic heterocycles. The number of hydrogen-bond donors (Lipinski definition) is 0. The fourth-order valence-electron chi connectivity index (χ4n) is 4.53. The zero-order chi connectivity index (χ0) is 23.2. The Hall–Kier alpha value is -3.83. The molecule has 1 aliphatic rings. The minimum atomic E-state index is 0.0661. The van der Waals surface area contributed by atoms with Gasteiger partial charge in [-0.05, 0) is 58.5 Å². The van der Waals surface area contributed by atoms with Crippen molar-refractivity contribution in [2.45, 2.75) is 12.3 Å². The van der Waals surface area contributed by atoms with E-state index in [2.05, 4.69) is 58.5 Å². The predicted molar refractivity (Wildman–Crippen MR) is 133 cm³/mol. The third-order valence-corrected chi connectivity index (χ3v) is 6.36. The SMILES string of the molecule is O=C(c1ccc(-c2ccccc2CC(c2cccnc2)c2cccnc2)cc1)N1CCOCC1. The van der Waals surface area contributed by atoms with E-state index in [9.17, 15) is 4.79 Å². The van der Waals surface area contributed by atoms with Gasteiger partial charge in [0.25, 0.3) is 5.91 Å². The predicted octanol–water partition coefficient (Wildman–Crippen LogP) is 4.99. The highest BCUT2D eigenvalue weighted by molar-refractivity contribution is 5.94. The molecular formula is C29H27N3O2. The number of nitrogens with zero attached hydrogens (tertiary/aromatic N) is 3. The Balaban J connectivity index is 1.43. The van der Waals surface area contributed by atoms with E-state index in [-0.39, 0.29) is 11.8 Å². The van der Waals surface area contributed by atoms with Gasteiger partial charge in [-0.2, -0.15) is 0 Å². The number of pyridine rings is 2. The highest BCUT2D eigenvalue weighted by Crippen LogP contribution is 2.32. The van der Waals surface area contributed by atoms with Gasteiger partial charge in [0.15, 0.2) is 0 Å². The highest BCUT2D eigenvalue weighted by atomic mass is 16.5. The van der Waals surface area contributed by atoms with E-state index < -0.39 is 0 Å². The third kappa shape index (κ3) is 4.90. The van der Waals surface area contributed by atoms with Crippen LogP contribution in [0.5, 0.6) is 0 Å². The van der Waals surface area contributed by atoms with Gasteiger partial charge in [-0.3, -0.25) is 14.8 Å². The second kappa shape index (κ2) is 10.4. The van der Waals surface area contributed by atoms with Gasteiger partial charge < -0.3 is 9.64 Å². The van der Waals surface area contributed by atoms with Crippen LogP contribution < -0.4 is 0 Å². The fourth-order valence-corrected chi connectivity index (χ4v) is 4.53. The Labute approximate surface area is 200 Å². The van der Waals surface area contributed by atoms with E-state index in [1.807, 2.05) is 41.6 Å². The Morgan fingerprint density at radius 3 is 2.09 bits per heavy atom. The van der Waals surface area contributed by atoms with Crippen molar-refractivity contribution in [2.75, 3.05) is 26.3 Å². The van der Waals surface area contributed by atoms with E-state index in [4.69, 9.17) is 4.74 Å². The van der Waals surface area contributed by atoms with Gasteiger partial charge >= 0.3 is 0 Å². The largest absolute Gasteiger partial charge is 0.378 e. The summed E-state index contributed by atoms with van der Waals surface area (Å²) in [5, 5.41) is 0. The molecule has 5 heteroatoms. The Bertz CT molecular complexity index is 1180. The van der Waals surface area contributed by atoms with Crippen LogP contribution in [0.25, 0.3) is 11.1 Å². The number of benzene rings is 2. The van der Waals surface area contributed by atoms with E-state index in [1.165, 1.54) is 11.1 Å². The summed E-state index contributed by atoms with van der Waals surface area (Å²) in [6.45, 7) is 2.50. The topological polar surface area (TPSA) is 55.3 Å². The lowest BCUT2D eigenvalue weighted by atomic mass is 9.85. The van der Waals surface area contributed by atoms with Crippen LogP contribution in [0.15, 0.2) is 97.6 Å². The van der Waals surface area contributed by atoms with Crippen LogP contribution in [0.2, 0.25) is 0 Å². The minimum absolute atomic E-state index is 0.0661. The lowest BCUT2D eigenvalue weighted by Crippen LogP contribution is -2.40. The molecule has 5 rings (SSSR count). The summed E-state index contributed by atoms with van der Waals surface area (Å²) in [4.78, 5) is 23.4. The molecule has 0 unspecified atom stereocenters. The van der Waals surface area contributed by atoms with Crippen molar-refractivity contribution >= 4 is 5.91 Å². The number of amides is 1. The summed E-state index contributed by atoms with van der Waals surface area (Å²) < 4.78 is 5.37. The van der Waals surface area contributed by atoms with Crippen LogP contribution in [-0.4, -0.2) is 47.1 Å². The summed E-state index contributed by atoms with van der Waals surface area (Å²) in [6.07, 6.45) is 8.30. The molecule has 0 N–H and O–H groups in total. The molecule has 2 aromatic carbocycles. The minimum Gasteiger partial charge on any atom is -0.378 e. The Morgan fingerprint density at radius 2 is 1.47 bits per heavy atom. The zero-order valence-electron chi connectivity index (χ0n) is 19.0. The van der Waals surface area contributed by atoms with E-state index in [0.717, 1.165) is 23.1 Å². The highest BCUT2D eigenvalue weighted by Gasteiger charge is 2.20. The number of ether oxygens (including phenoxy) is 1. The van der Waals surface area contributed by atoms with Crippen molar-refractivity contribution in [1.29, 1.82) is 0 Å². The number of hydrogen-bond acceptors (Lipinski definition) is 4. The summed E-state index contributed by atoms with van der Waals surface area (Å²) in [7, 11) is 0. The standard InChI is InChI=1S/C29H27N3O2/c33-29(32-15-17-34-18-16-32)23-11-9-22(10-12-23)27-8-2-1-5-24(27)19-28(25-6-3-13-30-20-25)26-7-4-14-31-21-26/h1-14,20-21,28H,15-19H2. The maximum Gasteiger partial charge on any atom is 0.254 e. The number of aromatic nitrogens is 2. The quantitative estimate of drug-likeness (QED) is 0.416. The van der Waals surface area contributed by atoms with E-state index in [1.54, 1.807) is 12.4 Å². The van der Waals surface area contributed by atoms with Gasteiger partial charge in [0.2, 0.25) is 0 Å². The van der Waals surface area contributed by atoms with Gasteiger partial charge in [-0.1, -0.05) is 48.5 Å². The smallest absolute Gasteiger partial charge is 0.254 e. The first kappa shape index (κ1) is 22.0. The molecule has 0 radical (unpaired) electrons. The van der Waals surface area contributed by atoms with Crippen molar-refractivity contribution < 1.29 is 9.53 Å². The van der Waals surface area contributed by atoms with E-state index in [0.29, 0.717) is 31.9 Å². The van der Waals surface area contributed by atoms with Crippen molar-refractivity contribution in [1.82, 2.24) is 14.9 Å². The molecule has 0 bridgehead atoms. The number of morpholine rings is 1. The maximum absolute atomic E-state index is 12.8. The first-order valence-corrected chi connectivity index (χ1v) is 11.6. The van der Waals surface area contributed by atoms with Crippen LogP contribution in [0, 0.1) is 0 Å². The molecule has 0 aliphatic carbocycles. The molecule has 4 aromatic rings. The summed E-state index contributed by atoms with van der Waals surface area (Å²) >= 11 is 0. The number of rotatable bonds is 6. The van der Waals surface area contributed by atoms with Crippen molar-refractivity contribution in [3.63, 3.8) is 0 Å². The summed E-state index contributed by atoms with van der Waals surface area (Å²) in [5.74, 6) is 0.210. The van der Waals surface area contributed by atoms with Gasteiger partial charge in [-0.15, -0.1) is 0 Å². The maximum atomic E-state index is 12.8. The molecular weight excluding hydrogens is 422 g/mol. The molecule has 5 nitrogen and oxygen atoms in total. The molecule has 34 heavy (non-hydrogen) atoms. The van der Waals surface area contributed by atoms with Crippen LogP contribution >= 0.6 is 0 Å². The van der Waals surface area contributed by atoms with Crippen molar-refractivity contribution in [3.8, 4) is 11.1 Å². The van der Waals surface area contributed by atoms with E-state index >= 15 is 0 Å². The zero-order valence-corrected chi connectivity index (χ0v) is 19.0. The van der Waals surface area contributed by atoms with Crippen LogP contribution in [-0.2, 0) is 11.2 Å². The molecule has 1 amide bonds. The van der Waals surface area contributed by atoms with Crippen molar-refractivity contribution in [3.05, 3.63) is 120 Å². The molecule has 170 valence electrons. The average molecular weight is 450 g/mol. The second-order valence-electron chi connectivity index (χ2n) is 8.47. The fraction of sp³-hybridized carbons (Fsp3) is 0.207. The first-order valence-electron chi connectivity index (χ1n) is 11.6. The van der Waals surface area contributed by atoms with Crippen LogP contribution in [0.1, 0.15) is 33.0 Å². The second-order valence-corrected chi connectivity index (χ2v) is 8.47. The van der Waals surface area contributed by atoms with Gasteiger partial charge in [0, 0.05) is 49.4 Å². The Morgan fingerprint density at radius 1 is 0.824 bits per heavy atom.